The maximum Gasteiger partial charge on any atom is 0.416 e. The molecule has 238 valence electrons. The number of ether oxygens (including phenoxy) is 2. The third-order valence-electron chi connectivity index (χ3n) is 5.75. The molecule has 12 heteroatoms. The lowest BCUT2D eigenvalue weighted by Gasteiger charge is -2.19. The molecule has 4 N–H and O–H groups in total. The Morgan fingerprint density at radius 2 is 1.71 bits per heavy atom. The highest BCUT2D eigenvalue weighted by molar-refractivity contribution is 5.69. The van der Waals surface area contributed by atoms with E-state index >= 15 is 0 Å². The first kappa shape index (κ1) is 39.0. The summed E-state index contributed by atoms with van der Waals surface area (Å²) in [6.07, 6.45) is 2.17. The Hall–Kier alpha value is -3.02. The fraction of sp³-hybridized carbons (Fsp3) is 0.600. The van der Waals surface area contributed by atoms with Gasteiger partial charge >= 0.3 is 18.3 Å². The van der Waals surface area contributed by atoms with Crippen molar-refractivity contribution < 1.29 is 57.5 Å². The Labute approximate surface area is 244 Å². The van der Waals surface area contributed by atoms with Crippen molar-refractivity contribution in [3.63, 3.8) is 0 Å². The fourth-order valence-corrected chi connectivity index (χ4v) is 4.02. The summed E-state index contributed by atoms with van der Waals surface area (Å²) in [5.41, 5.74) is -0.838. The van der Waals surface area contributed by atoms with Gasteiger partial charge < -0.3 is 29.9 Å². The predicted molar refractivity (Wildman–Crippen MR) is 147 cm³/mol. The van der Waals surface area contributed by atoms with Crippen LogP contribution in [0, 0.1) is 11.8 Å². The summed E-state index contributed by atoms with van der Waals surface area (Å²) in [6.45, 7) is 6.78. The van der Waals surface area contributed by atoms with Crippen LogP contribution in [0.15, 0.2) is 48.6 Å². The van der Waals surface area contributed by atoms with E-state index in [0.29, 0.717) is 25.7 Å². The maximum atomic E-state index is 12.8. The van der Waals surface area contributed by atoms with Gasteiger partial charge in [-0.3, -0.25) is 4.79 Å². The number of carbonyl (C=O) groups excluding carboxylic acids is 3. The lowest BCUT2D eigenvalue weighted by Crippen LogP contribution is -2.21. The number of benzene rings is 1. The zero-order valence-electron chi connectivity index (χ0n) is 24.4. The Morgan fingerprint density at radius 1 is 1.10 bits per heavy atom. The van der Waals surface area contributed by atoms with Crippen LogP contribution >= 0.6 is 0 Å². The van der Waals surface area contributed by atoms with Gasteiger partial charge in [0.05, 0.1) is 23.9 Å². The SMILES string of the molecule is CC(C)O.CC(C)OC(=O)CCC/C=C\C[C@@H]1[C@@H](/C=C/[C@@H](O)COc2cccc(C(F)(F)F)c2)[C@H](O)C[C@@H]1O.O=C=O. The highest BCUT2D eigenvalue weighted by Crippen LogP contribution is 2.36. The lowest BCUT2D eigenvalue weighted by atomic mass is 9.89. The molecule has 0 saturated heterocycles. The third kappa shape index (κ3) is 17.7. The number of esters is 1. The molecule has 1 aliphatic rings. The van der Waals surface area contributed by atoms with Gasteiger partial charge in [0.25, 0.3) is 0 Å². The van der Waals surface area contributed by atoms with Crippen LogP contribution in [0.3, 0.4) is 0 Å². The van der Waals surface area contributed by atoms with Crippen molar-refractivity contribution in [1.29, 1.82) is 0 Å². The normalized spacial score (nSPS) is 21.0. The van der Waals surface area contributed by atoms with Gasteiger partial charge in [0, 0.05) is 24.9 Å². The highest BCUT2D eigenvalue weighted by Gasteiger charge is 2.39. The average molecular weight is 605 g/mol. The number of rotatable bonds is 12. The minimum atomic E-state index is -4.49. The van der Waals surface area contributed by atoms with E-state index in [0.717, 1.165) is 12.1 Å². The van der Waals surface area contributed by atoms with Crippen LogP contribution in [0.2, 0.25) is 0 Å². The molecule has 0 unspecified atom stereocenters. The number of aliphatic hydroxyl groups excluding tert-OH is 4. The number of halogens is 3. The molecule has 1 aromatic rings. The first-order valence-electron chi connectivity index (χ1n) is 13.7. The van der Waals surface area contributed by atoms with Crippen LogP contribution in [-0.2, 0) is 25.3 Å². The molecule has 0 aliphatic heterocycles. The molecule has 0 heterocycles. The Kier molecular flexibility index (Phi) is 19.3. The molecule has 9 nitrogen and oxygen atoms in total. The number of hydrogen-bond acceptors (Lipinski definition) is 9. The van der Waals surface area contributed by atoms with E-state index in [4.69, 9.17) is 24.2 Å². The van der Waals surface area contributed by atoms with Crippen molar-refractivity contribution in [3.05, 3.63) is 54.1 Å². The molecule has 1 aromatic carbocycles. The zero-order chi connectivity index (χ0) is 32.3. The molecule has 1 fully saturated rings. The van der Waals surface area contributed by atoms with E-state index in [1.807, 2.05) is 12.2 Å². The van der Waals surface area contributed by atoms with Gasteiger partial charge in [-0.15, -0.1) is 0 Å². The second kappa shape index (κ2) is 20.8. The second-order valence-electron chi connectivity index (χ2n) is 10.2. The number of alkyl halides is 3. The Bertz CT molecular complexity index is 984. The number of aliphatic hydroxyl groups is 4. The average Bonchev–Trinajstić information content (AvgIpc) is 3.14. The quantitative estimate of drug-likeness (QED) is 0.156. The van der Waals surface area contributed by atoms with E-state index < -0.39 is 30.1 Å². The van der Waals surface area contributed by atoms with E-state index in [2.05, 4.69) is 0 Å². The number of carbonyl (C=O) groups is 1. The lowest BCUT2D eigenvalue weighted by molar-refractivity contribution is -0.191. The van der Waals surface area contributed by atoms with Gasteiger partial charge in [-0.25, -0.2) is 0 Å². The van der Waals surface area contributed by atoms with Gasteiger partial charge in [-0.1, -0.05) is 30.4 Å². The molecule has 0 spiro atoms. The summed E-state index contributed by atoms with van der Waals surface area (Å²) < 4.78 is 48.8. The standard InChI is InChI=1S/C26H35F3O6.C3H8O.CO2/c1-17(2)35-25(33)11-6-4-3-5-10-21-22(24(32)15-23(21)31)13-12-19(30)16-34-20-9-7-8-18(14-20)26(27,28)29;1-3(2)4;2-1-3/h3,5,7-9,12-14,17,19,21-24,30-32H,4,6,10-11,15-16H2,1-2H3;3-4H,1-2H3;/b5-3-,13-12+;;/t19-,21-,22-,23+,24-;;/m1../s1. The molecule has 5 atom stereocenters. The number of unbranched alkanes of at least 4 members (excludes halogenated alkanes) is 1. The first-order chi connectivity index (χ1) is 19.6. The molecule has 1 saturated carbocycles. The molecule has 0 amide bonds. The van der Waals surface area contributed by atoms with Crippen LogP contribution in [0.5, 0.6) is 5.75 Å². The monoisotopic (exact) mass is 604 g/mol. The molecule has 1 aliphatic carbocycles. The second-order valence-corrected chi connectivity index (χ2v) is 10.2. The van der Waals surface area contributed by atoms with Gasteiger partial charge in [-0.2, -0.15) is 22.8 Å². The van der Waals surface area contributed by atoms with Gasteiger partial charge in [-0.05, 0) is 71.1 Å². The summed E-state index contributed by atoms with van der Waals surface area (Å²) in [7, 11) is 0. The van der Waals surface area contributed by atoms with Gasteiger partial charge in [0.2, 0.25) is 0 Å². The Balaban J connectivity index is 0.00000216. The third-order valence-corrected chi connectivity index (χ3v) is 5.75. The van der Waals surface area contributed by atoms with Crippen LogP contribution < -0.4 is 4.74 Å². The maximum absolute atomic E-state index is 12.8. The Morgan fingerprint density at radius 3 is 2.29 bits per heavy atom. The van der Waals surface area contributed by atoms with Crippen molar-refractivity contribution in [2.45, 2.75) is 96.5 Å². The van der Waals surface area contributed by atoms with Gasteiger partial charge in [0.15, 0.2) is 0 Å². The van der Waals surface area contributed by atoms with Crippen LogP contribution in [0.1, 0.15) is 65.4 Å². The largest absolute Gasteiger partial charge is 0.491 e. The van der Waals surface area contributed by atoms with Crippen LogP contribution in [0.25, 0.3) is 0 Å². The zero-order valence-corrected chi connectivity index (χ0v) is 24.4. The molecule has 42 heavy (non-hydrogen) atoms. The summed E-state index contributed by atoms with van der Waals surface area (Å²) >= 11 is 0. The summed E-state index contributed by atoms with van der Waals surface area (Å²) in [6, 6.07) is 4.40. The smallest absolute Gasteiger partial charge is 0.416 e. The predicted octanol–water partition coefficient (Wildman–Crippen LogP) is 4.23. The fourth-order valence-electron chi connectivity index (χ4n) is 4.02. The summed E-state index contributed by atoms with van der Waals surface area (Å²) in [5, 5.41) is 38.9. The van der Waals surface area contributed by atoms with Crippen molar-refractivity contribution in [2.24, 2.45) is 11.8 Å². The molecule has 0 bridgehead atoms. The topological polar surface area (TPSA) is 151 Å². The van der Waals surface area contributed by atoms with Crippen molar-refractivity contribution in [1.82, 2.24) is 0 Å². The first-order valence-corrected chi connectivity index (χ1v) is 13.7. The van der Waals surface area contributed by atoms with Crippen LogP contribution in [0.4, 0.5) is 13.2 Å². The highest BCUT2D eigenvalue weighted by atomic mass is 19.4. The minimum Gasteiger partial charge on any atom is -0.491 e. The van der Waals surface area contributed by atoms with E-state index in [1.54, 1.807) is 33.8 Å². The van der Waals surface area contributed by atoms with Crippen LogP contribution in [-0.4, -0.2) is 69.7 Å². The van der Waals surface area contributed by atoms with Gasteiger partial charge in [0.1, 0.15) is 18.5 Å². The number of allylic oxidation sites excluding steroid dienone is 2. The van der Waals surface area contributed by atoms with Crippen molar-refractivity contribution >= 4 is 12.1 Å². The molecule has 0 radical (unpaired) electrons. The molecular weight excluding hydrogens is 561 g/mol. The summed E-state index contributed by atoms with van der Waals surface area (Å²) in [4.78, 5) is 27.8. The van der Waals surface area contributed by atoms with E-state index in [1.165, 1.54) is 18.2 Å². The molecule has 0 aromatic heterocycles. The molecule has 2 rings (SSSR count). The van der Waals surface area contributed by atoms with Crippen molar-refractivity contribution in [3.8, 4) is 5.75 Å². The molecular formula is C30H43F3O9. The summed E-state index contributed by atoms with van der Waals surface area (Å²) in [5.74, 6) is -0.883. The number of hydrogen-bond donors (Lipinski definition) is 4. The van der Waals surface area contributed by atoms with E-state index in [9.17, 15) is 33.3 Å². The van der Waals surface area contributed by atoms with E-state index in [-0.39, 0.29) is 54.9 Å². The minimum absolute atomic E-state index is 0.0101. The van der Waals surface area contributed by atoms with Crippen molar-refractivity contribution in [2.75, 3.05) is 6.61 Å².